The molecule has 20 heavy (non-hydrogen) atoms. The number of fused-ring (bicyclic) bond motifs is 1. The van der Waals surface area contributed by atoms with Crippen LogP contribution in [0.3, 0.4) is 0 Å². The molecule has 0 saturated heterocycles. The molecule has 0 bridgehead atoms. The van der Waals surface area contributed by atoms with Crippen molar-refractivity contribution in [3.8, 4) is 0 Å². The van der Waals surface area contributed by atoms with E-state index in [4.69, 9.17) is 10.2 Å². The number of anilines is 2. The number of nitrogens with one attached hydrogen (secondary N) is 1. The van der Waals surface area contributed by atoms with E-state index in [0.29, 0.717) is 17.1 Å². The zero-order chi connectivity index (χ0) is 14.1. The van der Waals surface area contributed by atoms with Gasteiger partial charge >= 0.3 is 6.01 Å². The molecule has 0 unspecified atom stereocenters. The van der Waals surface area contributed by atoms with Gasteiger partial charge in [0.2, 0.25) is 5.89 Å². The van der Waals surface area contributed by atoms with Gasteiger partial charge in [-0.1, -0.05) is 23.3 Å². The van der Waals surface area contributed by atoms with E-state index in [9.17, 15) is 4.79 Å². The highest BCUT2D eigenvalue weighted by atomic mass is 16.4. The van der Waals surface area contributed by atoms with Crippen LogP contribution in [0.25, 0.3) is 10.9 Å². The summed E-state index contributed by atoms with van der Waals surface area (Å²) in [5, 5.41) is 10.6. The molecule has 0 aliphatic rings. The number of carbonyl (C=O) groups excluding carboxylic acids is 1. The van der Waals surface area contributed by atoms with Crippen LogP contribution in [0, 0.1) is 6.92 Å². The Bertz CT molecular complexity index is 796. The summed E-state index contributed by atoms with van der Waals surface area (Å²) >= 11 is 0. The maximum atomic E-state index is 12.1. The van der Waals surface area contributed by atoms with E-state index in [-0.39, 0.29) is 11.7 Å². The molecule has 0 atom stereocenters. The molecule has 1 aromatic carbocycles. The highest BCUT2D eigenvalue weighted by molar-refractivity contribution is 6.05. The highest BCUT2D eigenvalue weighted by Crippen LogP contribution is 2.20. The van der Waals surface area contributed by atoms with E-state index in [2.05, 4.69) is 20.5 Å². The summed E-state index contributed by atoms with van der Waals surface area (Å²) in [6.07, 6.45) is 0. The number of hydrogen-bond donors (Lipinski definition) is 2. The van der Waals surface area contributed by atoms with Gasteiger partial charge in [-0.25, -0.2) is 4.98 Å². The van der Waals surface area contributed by atoms with Crippen LogP contribution in [-0.4, -0.2) is 21.1 Å². The Morgan fingerprint density at radius 1 is 1.30 bits per heavy atom. The first-order chi connectivity index (χ1) is 9.63. The lowest BCUT2D eigenvalue weighted by molar-refractivity contribution is 0.101. The van der Waals surface area contributed by atoms with Crippen molar-refractivity contribution < 1.29 is 9.21 Å². The van der Waals surface area contributed by atoms with Gasteiger partial charge in [0, 0.05) is 18.0 Å². The van der Waals surface area contributed by atoms with Gasteiger partial charge in [0.15, 0.2) is 0 Å². The van der Waals surface area contributed by atoms with Crippen LogP contribution in [0.15, 0.2) is 34.7 Å². The second-order valence-electron chi connectivity index (χ2n) is 4.19. The van der Waals surface area contributed by atoms with Crippen LogP contribution in [0.4, 0.5) is 11.7 Å². The molecule has 2 heterocycles. The minimum absolute atomic E-state index is 0.0287. The smallest absolute Gasteiger partial charge is 0.322 e. The number of aromatic nitrogens is 3. The third kappa shape index (κ3) is 2.16. The quantitative estimate of drug-likeness (QED) is 0.734. The largest absolute Gasteiger partial charge is 0.408 e. The second-order valence-corrected chi connectivity index (χ2v) is 4.19. The summed E-state index contributed by atoms with van der Waals surface area (Å²) < 4.78 is 5.08. The summed E-state index contributed by atoms with van der Waals surface area (Å²) in [4.78, 5) is 16.3. The second kappa shape index (κ2) is 4.61. The number of pyridine rings is 1. The predicted octanol–water partition coefficient (Wildman–Crippen LogP) is 1.76. The summed E-state index contributed by atoms with van der Waals surface area (Å²) in [7, 11) is 0. The van der Waals surface area contributed by atoms with Gasteiger partial charge in [0.25, 0.3) is 5.91 Å². The van der Waals surface area contributed by atoms with Gasteiger partial charge in [0.05, 0.1) is 5.52 Å². The SMILES string of the molecule is Cc1nnc(NC(=O)c2cc(N)c3ccccc3n2)o1. The number of nitrogens with two attached hydrogens (primary N) is 1. The molecular formula is C13H11N5O2. The van der Waals surface area contributed by atoms with Crippen molar-refractivity contribution in [3.63, 3.8) is 0 Å². The van der Waals surface area contributed by atoms with E-state index >= 15 is 0 Å². The first-order valence-corrected chi connectivity index (χ1v) is 5.90. The average Bonchev–Trinajstić information content (AvgIpc) is 2.84. The van der Waals surface area contributed by atoms with Gasteiger partial charge in [0.1, 0.15) is 5.69 Å². The molecule has 0 radical (unpaired) electrons. The average molecular weight is 269 g/mol. The third-order valence-electron chi connectivity index (χ3n) is 2.73. The highest BCUT2D eigenvalue weighted by Gasteiger charge is 2.13. The van der Waals surface area contributed by atoms with Gasteiger partial charge in [-0.2, -0.15) is 0 Å². The number of amides is 1. The molecule has 3 aromatic rings. The fourth-order valence-corrected chi connectivity index (χ4v) is 1.83. The zero-order valence-corrected chi connectivity index (χ0v) is 10.6. The van der Waals surface area contributed by atoms with Crippen molar-refractivity contribution in [1.82, 2.24) is 15.2 Å². The number of carbonyl (C=O) groups is 1. The third-order valence-corrected chi connectivity index (χ3v) is 2.73. The van der Waals surface area contributed by atoms with Crippen LogP contribution in [0.5, 0.6) is 0 Å². The van der Waals surface area contributed by atoms with Gasteiger partial charge in [-0.3, -0.25) is 10.1 Å². The predicted molar refractivity (Wildman–Crippen MR) is 73.1 cm³/mol. The molecule has 0 aliphatic heterocycles. The number of para-hydroxylation sites is 1. The summed E-state index contributed by atoms with van der Waals surface area (Å²) in [5.74, 6) is -0.0858. The molecule has 0 spiro atoms. The molecule has 7 heteroatoms. The summed E-state index contributed by atoms with van der Waals surface area (Å²) in [6, 6.07) is 8.88. The van der Waals surface area contributed by atoms with Crippen LogP contribution in [0.1, 0.15) is 16.4 Å². The van der Waals surface area contributed by atoms with Crippen molar-refractivity contribution in [2.45, 2.75) is 6.92 Å². The first-order valence-electron chi connectivity index (χ1n) is 5.90. The minimum Gasteiger partial charge on any atom is -0.408 e. The Kier molecular flexibility index (Phi) is 2.79. The molecule has 100 valence electrons. The van der Waals surface area contributed by atoms with Crippen LogP contribution < -0.4 is 11.1 Å². The van der Waals surface area contributed by atoms with Crippen molar-refractivity contribution in [1.29, 1.82) is 0 Å². The van der Waals surface area contributed by atoms with Gasteiger partial charge < -0.3 is 10.2 Å². The van der Waals surface area contributed by atoms with Gasteiger partial charge in [-0.05, 0) is 12.1 Å². The zero-order valence-electron chi connectivity index (χ0n) is 10.6. The minimum atomic E-state index is -0.453. The molecule has 2 aromatic heterocycles. The van der Waals surface area contributed by atoms with E-state index in [1.165, 1.54) is 6.07 Å². The number of benzene rings is 1. The number of aryl methyl sites for hydroxylation is 1. The molecule has 0 aliphatic carbocycles. The lowest BCUT2D eigenvalue weighted by Gasteiger charge is -2.05. The topological polar surface area (TPSA) is 107 Å². The number of nitrogens with zero attached hydrogens (tertiary/aromatic N) is 3. The molecule has 7 nitrogen and oxygen atoms in total. The fraction of sp³-hybridized carbons (Fsp3) is 0.0769. The maximum absolute atomic E-state index is 12.1. The maximum Gasteiger partial charge on any atom is 0.322 e. The molecule has 0 saturated carbocycles. The Morgan fingerprint density at radius 2 is 2.10 bits per heavy atom. The summed E-state index contributed by atoms with van der Waals surface area (Å²) in [6.45, 7) is 1.63. The Balaban J connectivity index is 1.95. The number of rotatable bonds is 2. The monoisotopic (exact) mass is 269 g/mol. The van der Waals surface area contributed by atoms with Crippen LogP contribution in [0.2, 0.25) is 0 Å². The van der Waals surface area contributed by atoms with Crippen molar-refractivity contribution in [2.75, 3.05) is 11.1 Å². The van der Waals surface area contributed by atoms with Crippen LogP contribution >= 0.6 is 0 Å². The number of hydrogen-bond acceptors (Lipinski definition) is 6. The van der Waals surface area contributed by atoms with E-state index in [1.54, 1.807) is 13.0 Å². The Morgan fingerprint density at radius 3 is 2.85 bits per heavy atom. The molecule has 3 rings (SSSR count). The fourth-order valence-electron chi connectivity index (χ4n) is 1.83. The van der Waals surface area contributed by atoms with E-state index in [0.717, 1.165) is 5.39 Å². The van der Waals surface area contributed by atoms with Crippen LogP contribution in [-0.2, 0) is 0 Å². The Hall–Kier alpha value is -2.96. The number of nitrogen functional groups attached to an aromatic ring is 1. The summed E-state index contributed by atoms with van der Waals surface area (Å²) in [5.41, 5.74) is 7.25. The first kappa shape index (κ1) is 12.1. The normalized spacial score (nSPS) is 10.7. The lowest BCUT2D eigenvalue weighted by Crippen LogP contribution is -2.14. The van der Waals surface area contributed by atoms with Gasteiger partial charge in [-0.15, -0.1) is 5.10 Å². The molecule has 1 amide bonds. The lowest BCUT2D eigenvalue weighted by atomic mass is 10.1. The Labute approximate surface area is 113 Å². The van der Waals surface area contributed by atoms with E-state index in [1.807, 2.05) is 18.2 Å². The van der Waals surface area contributed by atoms with Crippen molar-refractivity contribution in [3.05, 3.63) is 41.9 Å². The van der Waals surface area contributed by atoms with E-state index < -0.39 is 5.91 Å². The van der Waals surface area contributed by atoms with Crippen molar-refractivity contribution >= 4 is 28.5 Å². The van der Waals surface area contributed by atoms with Crippen molar-refractivity contribution in [2.24, 2.45) is 0 Å². The molecular weight excluding hydrogens is 258 g/mol. The molecule has 0 fully saturated rings. The standard InChI is InChI=1S/C13H11N5O2/c1-7-17-18-13(20-7)16-12(19)11-6-9(14)8-4-2-3-5-10(8)15-11/h2-6H,1H3,(H2,14,15)(H,16,18,19). The molecule has 3 N–H and O–H groups in total.